The number of carbonyl (C=O) groups excluding carboxylic acids is 1. The average Bonchev–Trinajstić information content (AvgIpc) is 3.66. The van der Waals surface area contributed by atoms with E-state index in [1.165, 1.54) is 10.9 Å². The van der Waals surface area contributed by atoms with Crippen LogP contribution >= 0.6 is 11.6 Å². The molecule has 1 saturated carbocycles. The Morgan fingerprint density at radius 3 is 2.63 bits per heavy atom. The first-order valence-electron chi connectivity index (χ1n) is 11.3. The molecule has 7 nitrogen and oxygen atoms in total. The second-order valence-electron chi connectivity index (χ2n) is 8.45. The van der Waals surface area contributed by atoms with Gasteiger partial charge in [0.25, 0.3) is 11.5 Å². The van der Waals surface area contributed by atoms with Crippen LogP contribution in [0.2, 0.25) is 5.02 Å². The van der Waals surface area contributed by atoms with E-state index >= 15 is 0 Å². The zero-order valence-corrected chi connectivity index (χ0v) is 19.8. The molecule has 0 atom stereocenters. The molecule has 0 radical (unpaired) electrons. The number of aromatic nitrogens is 2. The number of hydrogen-bond donors (Lipinski definition) is 2. The molecule has 1 heterocycles. The van der Waals surface area contributed by atoms with Crippen LogP contribution in [-0.4, -0.2) is 21.7 Å². The molecular formula is C27H23ClN4O3. The quantitative estimate of drug-likeness (QED) is 0.354. The van der Waals surface area contributed by atoms with E-state index in [9.17, 15) is 9.59 Å². The molecule has 1 amide bonds. The van der Waals surface area contributed by atoms with Crippen LogP contribution in [0.5, 0.6) is 11.5 Å². The minimum atomic E-state index is -0.400. The minimum absolute atomic E-state index is 0.140. The summed E-state index contributed by atoms with van der Waals surface area (Å²) in [5.74, 6) is 0.556. The highest BCUT2D eigenvalue weighted by Gasteiger charge is 2.24. The smallest absolute Gasteiger partial charge is 0.299 e. The maximum Gasteiger partial charge on any atom is 0.299 e. The van der Waals surface area contributed by atoms with E-state index < -0.39 is 5.56 Å². The second kappa shape index (κ2) is 9.64. The predicted octanol–water partition coefficient (Wildman–Crippen LogP) is 5.62. The van der Waals surface area contributed by atoms with Gasteiger partial charge in [-0.2, -0.15) is 9.78 Å². The molecule has 5 rings (SSSR count). The first kappa shape index (κ1) is 22.7. The normalized spacial score (nSPS) is 12.7. The summed E-state index contributed by atoms with van der Waals surface area (Å²) < 4.78 is 7.30. The minimum Gasteiger partial charge on any atom is -0.453 e. The lowest BCUT2D eigenvalue weighted by Crippen LogP contribution is -2.25. The van der Waals surface area contributed by atoms with Gasteiger partial charge in [0.1, 0.15) is 5.75 Å². The largest absolute Gasteiger partial charge is 0.453 e. The topological polar surface area (TPSA) is 85.2 Å². The summed E-state index contributed by atoms with van der Waals surface area (Å²) in [6.45, 7) is 1.95. The number of anilines is 2. The molecule has 0 bridgehead atoms. The summed E-state index contributed by atoms with van der Waals surface area (Å²) in [5.41, 5.74) is 2.49. The van der Waals surface area contributed by atoms with Crippen molar-refractivity contribution in [2.24, 2.45) is 0 Å². The van der Waals surface area contributed by atoms with E-state index in [0.29, 0.717) is 27.7 Å². The standard InChI is InChI=1S/C27H23ClN4O3/c1-17-5-2-9-22(13-17)32-27(34)25(24(16-29-32)35-23-10-4-7-19(28)15-23)30-21-8-3-6-18(14-21)26(33)31-20-11-12-20/h2-10,13-16,20,30H,11-12H2,1H3,(H,31,33). The molecule has 1 aliphatic carbocycles. The van der Waals surface area contributed by atoms with E-state index in [-0.39, 0.29) is 23.4 Å². The Balaban J connectivity index is 1.54. The van der Waals surface area contributed by atoms with Crippen molar-refractivity contribution in [3.05, 3.63) is 105 Å². The number of benzene rings is 3. The van der Waals surface area contributed by atoms with Gasteiger partial charge in [0.15, 0.2) is 11.4 Å². The lowest BCUT2D eigenvalue weighted by Gasteiger charge is -2.15. The SMILES string of the molecule is Cc1cccc(-n2ncc(Oc3cccc(Cl)c3)c(Nc3cccc(C(=O)NC4CC4)c3)c2=O)c1. The molecule has 0 spiro atoms. The van der Waals surface area contributed by atoms with Gasteiger partial charge in [-0.25, -0.2) is 0 Å². The highest BCUT2D eigenvalue weighted by Crippen LogP contribution is 2.30. The molecule has 4 aromatic rings. The van der Waals surface area contributed by atoms with Gasteiger partial charge >= 0.3 is 0 Å². The van der Waals surface area contributed by atoms with Gasteiger partial charge in [0, 0.05) is 22.3 Å². The summed E-state index contributed by atoms with van der Waals surface area (Å²) in [4.78, 5) is 26.1. The van der Waals surface area contributed by atoms with Crippen molar-refractivity contribution in [3.63, 3.8) is 0 Å². The lowest BCUT2D eigenvalue weighted by atomic mass is 10.2. The fourth-order valence-electron chi connectivity index (χ4n) is 3.61. The van der Waals surface area contributed by atoms with E-state index in [4.69, 9.17) is 16.3 Å². The number of nitrogens with one attached hydrogen (secondary N) is 2. The molecule has 2 N–H and O–H groups in total. The van der Waals surface area contributed by atoms with Gasteiger partial charge < -0.3 is 15.4 Å². The van der Waals surface area contributed by atoms with Crippen LogP contribution in [0.4, 0.5) is 11.4 Å². The van der Waals surface area contributed by atoms with Crippen molar-refractivity contribution in [1.29, 1.82) is 0 Å². The van der Waals surface area contributed by atoms with Gasteiger partial charge in [-0.05, 0) is 73.9 Å². The molecule has 35 heavy (non-hydrogen) atoms. The van der Waals surface area contributed by atoms with Crippen LogP contribution in [0.3, 0.4) is 0 Å². The number of rotatable bonds is 7. The fraction of sp³-hybridized carbons (Fsp3) is 0.148. The molecule has 176 valence electrons. The number of halogens is 1. The summed E-state index contributed by atoms with van der Waals surface area (Å²) in [5, 5.41) is 11.0. The summed E-state index contributed by atoms with van der Waals surface area (Å²) >= 11 is 6.10. The number of amides is 1. The van der Waals surface area contributed by atoms with Crippen LogP contribution in [0.15, 0.2) is 83.8 Å². The number of aryl methyl sites for hydroxylation is 1. The van der Waals surface area contributed by atoms with Crippen LogP contribution in [0.25, 0.3) is 5.69 Å². The summed E-state index contributed by atoms with van der Waals surface area (Å²) in [6.07, 6.45) is 3.49. The van der Waals surface area contributed by atoms with E-state index in [2.05, 4.69) is 15.7 Å². The fourth-order valence-corrected chi connectivity index (χ4v) is 3.79. The maximum atomic E-state index is 13.6. The van der Waals surface area contributed by atoms with Crippen LogP contribution in [0.1, 0.15) is 28.8 Å². The van der Waals surface area contributed by atoms with E-state index in [1.807, 2.05) is 31.2 Å². The first-order valence-corrected chi connectivity index (χ1v) is 11.6. The molecular weight excluding hydrogens is 464 g/mol. The van der Waals surface area contributed by atoms with Crippen LogP contribution in [-0.2, 0) is 0 Å². The van der Waals surface area contributed by atoms with Gasteiger partial charge in [-0.1, -0.05) is 35.9 Å². The van der Waals surface area contributed by atoms with Crippen molar-refractivity contribution in [2.45, 2.75) is 25.8 Å². The maximum absolute atomic E-state index is 13.6. The van der Waals surface area contributed by atoms with Gasteiger partial charge in [0.2, 0.25) is 0 Å². The Morgan fingerprint density at radius 2 is 1.86 bits per heavy atom. The average molecular weight is 487 g/mol. The molecule has 3 aromatic carbocycles. The molecule has 1 aliphatic rings. The highest BCUT2D eigenvalue weighted by molar-refractivity contribution is 6.30. The highest BCUT2D eigenvalue weighted by atomic mass is 35.5. The summed E-state index contributed by atoms with van der Waals surface area (Å²) in [6, 6.07) is 21.6. The van der Waals surface area contributed by atoms with Crippen LogP contribution < -0.4 is 20.9 Å². The second-order valence-corrected chi connectivity index (χ2v) is 8.89. The first-order chi connectivity index (χ1) is 17.0. The van der Waals surface area contributed by atoms with Crippen LogP contribution in [0, 0.1) is 6.92 Å². The predicted molar refractivity (Wildman–Crippen MR) is 136 cm³/mol. The Morgan fingerprint density at radius 1 is 1.06 bits per heavy atom. The van der Waals surface area contributed by atoms with Crippen molar-refractivity contribution in [2.75, 3.05) is 5.32 Å². The molecule has 0 aliphatic heterocycles. The summed E-state index contributed by atoms with van der Waals surface area (Å²) in [7, 11) is 0. The van der Waals surface area contributed by atoms with Gasteiger partial charge in [-0.15, -0.1) is 0 Å². The third-order valence-corrected chi connectivity index (χ3v) is 5.75. The number of carbonyl (C=O) groups is 1. The molecule has 0 saturated heterocycles. The third kappa shape index (κ3) is 5.36. The number of hydrogen-bond acceptors (Lipinski definition) is 5. The van der Waals surface area contributed by atoms with E-state index in [0.717, 1.165) is 18.4 Å². The Bertz CT molecular complexity index is 1460. The van der Waals surface area contributed by atoms with Gasteiger partial charge in [0.05, 0.1) is 11.9 Å². The Labute approximate surface area is 207 Å². The molecule has 1 aromatic heterocycles. The van der Waals surface area contributed by atoms with Gasteiger partial charge in [-0.3, -0.25) is 9.59 Å². The molecule has 8 heteroatoms. The van der Waals surface area contributed by atoms with Crippen molar-refractivity contribution < 1.29 is 9.53 Å². The zero-order valence-electron chi connectivity index (χ0n) is 19.0. The number of ether oxygens (including phenoxy) is 1. The van der Waals surface area contributed by atoms with Crippen molar-refractivity contribution >= 4 is 28.9 Å². The Hall–Kier alpha value is -4.10. The van der Waals surface area contributed by atoms with Crippen molar-refractivity contribution in [1.82, 2.24) is 15.1 Å². The van der Waals surface area contributed by atoms with Crippen molar-refractivity contribution in [3.8, 4) is 17.2 Å². The monoisotopic (exact) mass is 486 g/mol. The third-order valence-electron chi connectivity index (χ3n) is 5.52. The number of nitrogens with zero attached hydrogens (tertiary/aromatic N) is 2. The molecule has 1 fully saturated rings. The molecule has 0 unspecified atom stereocenters. The zero-order chi connectivity index (χ0) is 24.4. The lowest BCUT2D eigenvalue weighted by molar-refractivity contribution is 0.0951. The van der Waals surface area contributed by atoms with E-state index in [1.54, 1.807) is 48.5 Å². The Kier molecular flexibility index (Phi) is 6.25.